The summed E-state index contributed by atoms with van der Waals surface area (Å²) in [6.07, 6.45) is 3.23. The van der Waals surface area contributed by atoms with Crippen LogP contribution in [0.4, 0.5) is 0 Å². The maximum atomic E-state index is 11.8. The van der Waals surface area contributed by atoms with Crippen molar-refractivity contribution in [2.24, 2.45) is 5.92 Å². The third kappa shape index (κ3) is 7.81. The Kier molecular flexibility index (Phi) is 8.26. The Morgan fingerprint density at radius 2 is 1.73 bits per heavy atom. The Labute approximate surface area is 133 Å². The number of rotatable bonds is 9. The van der Waals surface area contributed by atoms with Gasteiger partial charge >= 0.3 is 0 Å². The molecule has 0 spiro atoms. The summed E-state index contributed by atoms with van der Waals surface area (Å²) in [6, 6.07) is 9.31. The second-order valence-corrected chi connectivity index (χ2v) is 6.17. The van der Waals surface area contributed by atoms with Crippen molar-refractivity contribution in [3.05, 3.63) is 35.9 Å². The SMILES string of the molecule is CC(C)CCC(C)NC(=O)CCCNC(=O)c1ccccc1. The van der Waals surface area contributed by atoms with E-state index in [0.29, 0.717) is 30.9 Å². The average molecular weight is 304 g/mol. The Morgan fingerprint density at radius 1 is 1.05 bits per heavy atom. The lowest BCUT2D eigenvalue weighted by molar-refractivity contribution is -0.121. The fraction of sp³-hybridized carbons (Fsp3) is 0.556. The van der Waals surface area contributed by atoms with Crippen molar-refractivity contribution in [1.82, 2.24) is 10.6 Å². The Morgan fingerprint density at radius 3 is 2.36 bits per heavy atom. The summed E-state index contributed by atoms with van der Waals surface area (Å²) in [5.41, 5.74) is 0.647. The minimum atomic E-state index is -0.0914. The van der Waals surface area contributed by atoms with Gasteiger partial charge in [0.15, 0.2) is 0 Å². The van der Waals surface area contributed by atoms with Crippen LogP contribution in [0.25, 0.3) is 0 Å². The quantitative estimate of drug-likeness (QED) is 0.689. The van der Waals surface area contributed by atoms with E-state index in [9.17, 15) is 9.59 Å². The molecule has 0 heterocycles. The molecule has 1 aromatic carbocycles. The van der Waals surface area contributed by atoms with Gasteiger partial charge in [0.25, 0.3) is 5.91 Å². The van der Waals surface area contributed by atoms with Gasteiger partial charge in [-0.05, 0) is 44.2 Å². The van der Waals surface area contributed by atoms with Crippen molar-refractivity contribution < 1.29 is 9.59 Å². The molecule has 0 fully saturated rings. The molecular formula is C18H28N2O2. The predicted octanol–water partition coefficient (Wildman–Crippen LogP) is 3.14. The van der Waals surface area contributed by atoms with Crippen molar-refractivity contribution >= 4 is 11.8 Å². The van der Waals surface area contributed by atoms with Crippen LogP contribution in [-0.4, -0.2) is 24.4 Å². The molecule has 1 rings (SSSR count). The van der Waals surface area contributed by atoms with Crippen LogP contribution < -0.4 is 10.6 Å². The van der Waals surface area contributed by atoms with Crippen LogP contribution in [0.5, 0.6) is 0 Å². The first-order chi connectivity index (χ1) is 10.5. The second kappa shape index (κ2) is 9.98. The van der Waals surface area contributed by atoms with Crippen molar-refractivity contribution in [2.45, 2.75) is 52.5 Å². The van der Waals surface area contributed by atoms with Crippen LogP contribution in [0.3, 0.4) is 0 Å². The van der Waals surface area contributed by atoms with E-state index in [0.717, 1.165) is 12.8 Å². The fourth-order valence-corrected chi connectivity index (χ4v) is 2.14. The molecule has 22 heavy (non-hydrogen) atoms. The Balaban J connectivity index is 2.13. The average Bonchev–Trinajstić information content (AvgIpc) is 2.50. The molecule has 2 N–H and O–H groups in total. The van der Waals surface area contributed by atoms with Gasteiger partial charge in [0.2, 0.25) is 5.91 Å². The first kappa shape index (κ1) is 18.2. The van der Waals surface area contributed by atoms with Gasteiger partial charge in [-0.3, -0.25) is 9.59 Å². The van der Waals surface area contributed by atoms with E-state index in [-0.39, 0.29) is 17.9 Å². The van der Waals surface area contributed by atoms with Gasteiger partial charge in [0, 0.05) is 24.6 Å². The number of amides is 2. The lowest BCUT2D eigenvalue weighted by Gasteiger charge is -2.15. The molecule has 2 amide bonds. The minimum Gasteiger partial charge on any atom is -0.354 e. The van der Waals surface area contributed by atoms with Gasteiger partial charge in [-0.15, -0.1) is 0 Å². The lowest BCUT2D eigenvalue weighted by Crippen LogP contribution is -2.33. The summed E-state index contributed by atoms with van der Waals surface area (Å²) < 4.78 is 0. The second-order valence-electron chi connectivity index (χ2n) is 6.17. The topological polar surface area (TPSA) is 58.2 Å². The molecule has 0 radical (unpaired) electrons. The maximum Gasteiger partial charge on any atom is 0.251 e. The van der Waals surface area contributed by atoms with Crippen LogP contribution in [0.1, 0.15) is 56.8 Å². The number of carbonyl (C=O) groups is 2. The molecule has 0 aliphatic heterocycles. The molecule has 0 aliphatic rings. The fourth-order valence-electron chi connectivity index (χ4n) is 2.14. The van der Waals surface area contributed by atoms with Crippen LogP contribution in [0.2, 0.25) is 0 Å². The van der Waals surface area contributed by atoms with E-state index in [1.54, 1.807) is 12.1 Å². The van der Waals surface area contributed by atoms with Crippen LogP contribution in [0, 0.1) is 5.92 Å². The zero-order valence-electron chi connectivity index (χ0n) is 13.9. The van der Waals surface area contributed by atoms with Crippen LogP contribution in [-0.2, 0) is 4.79 Å². The minimum absolute atomic E-state index is 0.0604. The highest BCUT2D eigenvalue weighted by molar-refractivity contribution is 5.94. The molecule has 1 atom stereocenters. The molecule has 0 saturated heterocycles. The molecule has 0 aliphatic carbocycles. The van der Waals surface area contributed by atoms with Crippen LogP contribution >= 0.6 is 0 Å². The van der Waals surface area contributed by atoms with Gasteiger partial charge in [-0.2, -0.15) is 0 Å². The Hall–Kier alpha value is -1.84. The number of nitrogens with one attached hydrogen (secondary N) is 2. The summed E-state index contributed by atoms with van der Waals surface area (Å²) in [7, 11) is 0. The van der Waals surface area contributed by atoms with E-state index >= 15 is 0 Å². The molecule has 0 bridgehead atoms. The number of hydrogen-bond donors (Lipinski definition) is 2. The van der Waals surface area contributed by atoms with Gasteiger partial charge in [-0.25, -0.2) is 0 Å². The van der Waals surface area contributed by atoms with Crippen molar-refractivity contribution in [3.63, 3.8) is 0 Å². The molecular weight excluding hydrogens is 276 g/mol. The van der Waals surface area contributed by atoms with E-state index < -0.39 is 0 Å². The molecule has 4 nitrogen and oxygen atoms in total. The molecule has 1 unspecified atom stereocenters. The largest absolute Gasteiger partial charge is 0.354 e. The summed E-state index contributed by atoms with van der Waals surface area (Å²) in [4.78, 5) is 23.6. The summed E-state index contributed by atoms with van der Waals surface area (Å²) >= 11 is 0. The summed E-state index contributed by atoms with van der Waals surface area (Å²) in [5.74, 6) is 0.629. The molecule has 4 heteroatoms. The highest BCUT2D eigenvalue weighted by Crippen LogP contribution is 2.06. The Bertz CT molecular complexity index is 457. The normalized spacial score (nSPS) is 12.0. The smallest absolute Gasteiger partial charge is 0.251 e. The molecule has 0 saturated carbocycles. The number of carbonyl (C=O) groups excluding carboxylic acids is 2. The first-order valence-corrected chi connectivity index (χ1v) is 8.11. The van der Waals surface area contributed by atoms with E-state index in [1.165, 1.54) is 0 Å². The van der Waals surface area contributed by atoms with Gasteiger partial charge in [-0.1, -0.05) is 32.0 Å². The molecule has 0 aromatic heterocycles. The highest BCUT2D eigenvalue weighted by Gasteiger charge is 2.08. The monoisotopic (exact) mass is 304 g/mol. The van der Waals surface area contributed by atoms with Crippen molar-refractivity contribution in [1.29, 1.82) is 0 Å². The standard InChI is InChI=1S/C18H28N2O2/c1-14(2)11-12-15(3)20-17(21)10-7-13-19-18(22)16-8-5-4-6-9-16/h4-6,8-9,14-15H,7,10-13H2,1-3H3,(H,19,22)(H,20,21). The van der Waals surface area contributed by atoms with Crippen molar-refractivity contribution in [2.75, 3.05) is 6.54 Å². The zero-order chi connectivity index (χ0) is 16.4. The number of hydrogen-bond acceptors (Lipinski definition) is 2. The van der Waals surface area contributed by atoms with Gasteiger partial charge in [0.1, 0.15) is 0 Å². The zero-order valence-corrected chi connectivity index (χ0v) is 13.9. The summed E-state index contributed by atoms with van der Waals surface area (Å²) in [5, 5.41) is 5.83. The third-order valence-corrected chi connectivity index (χ3v) is 3.49. The molecule has 1 aromatic rings. The third-order valence-electron chi connectivity index (χ3n) is 3.49. The number of benzene rings is 1. The predicted molar refractivity (Wildman–Crippen MR) is 89.7 cm³/mol. The van der Waals surface area contributed by atoms with Crippen LogP contribution in [0.15, 0.2) is 30.3 Å². The molecule has 122 valence electrons. The first-order valence-electron chi connectivity index (χ1n) is 8.11. The van der Waals surface area contributed by atoms with Gasteiger partial charge < -0.3 is 10.6 Å². The summed E-state index contributed by atoms with van der Waals surface area (Å²) in [6.45, 7) is 6.92. The van der Waals surface area contributed by atoms with E-state index in [4.69, 9.17) is 0 Å². The maximum absolute atomic E-state index is 11.8. The highest BCUT2D eigenvalue weighted by atomic mass is 16.2. The van der Waals surface area contributed by atoms with Gasteiger partial charge in [0.05, 0.1) is 0 Å². The van der Waals surface area contributed by atoms with E-state index in [2.05, 4.69) is 24.5 Å². The lowest BCUT2D eigenvalue weighted by atomic mass is 10.0. The van der Waals surface area contributed by atoms with E-state index in [1.807, 2.05) is 25.1 Å². The van der Waals surface area contributed by atoms with Crippen molar-refractivity contribution in [3.8, 4) is 0 Å².